The number of alkyl halides is 2. The third-order valence-corrected chi connectivity index (χ3v) is 7.03. The van der Waals surface area contributed by atoms with Crippen LogP contribution in [0.3, 0.4) is 0 Å². The number of hydrogen-bond donors (Lipinski definition) is 2. The van der Waals surface area contributed by atoms with E-state index in [-0.39, 0.29) is 18.9 Å². The van der Waals surface area contributed by atoms with E-state index in [4.69, 9.17) is 5.11 Å². The van der Waals surface area contributed by atoms with Gasteiger partial charge in [-0.3, -0.25) is 9.59 Å². The molecule has 2 aromatic carbocycles. The minimum atomic E-state index is -3.39. The normalized spacial score (nSPS) is 19.3. The number of carbonyl (C=O) groups excluding carboxylic acids is 1. The van der Waals surface area contributed by atoms with Gasteiger partial charge >= 0.3 is 11.9 Å². The molecule has 1 aliphatic heterocycles. The van der Waals surface area contributed by atoms with Crippen molar-refractivity contribution in [2.24, 2.45) is 5.92 Å². The number of amides is 1. The number of carboxylic acid groups (broad SMARTS) is 1. The first-order chi connectivity index (χ1) is 17.2. The Morgan fingerprint density at radius 1 is 1.11 bits per heavy atom. The first-order valence-electron chi connectivity index (χ1n) is 12.9. The van der Waals surface area contributed by atoms with Crippen LogP contribution in [0.4, 0.5) is 8.78 Å². The van der Waals surface area contributed by atoms with Gasteiger partial charge in [-0.2, -0.15) is 8.78 Å². The fourth-order valence-corrected chi connectivity index (χ4v) is 4.80. The molecule has 0 aliphatic carbocycles. The summed E-state index contributed by atoms with van der Waals surface area (Å²) in [6.45, 7) is 2.15. The number of carbonyl (C=O) groups is 2. The Morgan fingerprint density at radius 3 is 2.58 bits per heavy atom. The Kier molecular flexibility index (Phi) is 9.99. The molecule has 0 bridgehead atoms. The van der Waals surface area contributed by atoms with Crippen LogP contribution in [0.5, 0.6) is 0 Å². The molecule has 196 valence electrons. The minimum Gasteiger partial charge on any atom is -0.481 e. The summed E-state index contributed by atoms with van der Waals surface area (Å²) in [6.07, 6.45) is 6.86. The van der Waals surface area contributed by atoms with E-state index in [9.17, 15) is 23.5 Å². The number of aliphatic hydroxyl groups excluding tert-OH is 1. The van der Waals surface area contributed by atoms with Crippen LogP contribution in [-0.4, -0.2) is 51.6 Å². The summed E-state index contributed by atoms with van der Waals surface area (Å²) in [7, 11) is 0. The summed E-state index contributed by atoms with van der Waals surface area (Å²) in [4.78, 5) is 24.0. The molecule has 0 radical (unpaired) electrons. The van der Waals surface area contributed by atoms with Gasteiger partial charge in [-0.25, -0.2) is 0 Å². The van der Waals surface area contributed by atoms with E-state index in [1.807, 2.05) is 19.1 Å². The van der Waals surface area contributed by atoms with E-state index in [1.54, 1.807) is 12.2 Å². The molecule has 3 atom stereocenters. The van der Waals surface area contributed by atoms with E-state index < -0.39 is 36.4 Å². The lowest BCUT2D eigenvalue weighted by molar-refractivity contribution is -0.148. The van der Waals surface area contributed by atoms with E-state index in [0.717, 1.165) is 19.3 Å². The Bertz CT molecular complexity index is 1050. The Morgan fingerprint density at radius 2 is 1.83 bits per heavy atom. The maximum atomic E-state index is 14.1. The van der Waals surface area contributed by atoms with Crippen molar-refractivity contribution in [3.05, 3.63) is 60.2 Å². The van der Waals surface area contributed by atoms with Crippen molar-refractivity contribution in [1.29, 1.82) is 0 Å². The van der Waals surface area contributed by atoms with E-state index >= 15 is 0 Å². The van der Waals surface area contributed by atoms with Gasteiger partial charge < -0.3 is 15.1 Å². The Hall–Kier alpha value is -2.80. The zero-order valence-electron chi connectivity index (χ0n) is 20.9. The third kappa shape index (κ3) is 7.85. The lowest BCUT2D eigenvalue weighted by atomic mass is 9.95. The molecule has 2 N–H and O–H groups in total. The van der Waals surface area contributed by atoms with Crippen LogP contribution in [-0.2, 0) is 16.0 Å². The molecule has 1 aliphatic rings. The van der Waals surface area contributed by atoms with Crippen molar-refractivity contribution in [3.8, 4) is 0 Å². The van der Waals surface area contributed by atoms with Crippen molar-refractivity contribution in [2.45, 2.75) is 82.8 Å². The number of nitrogens with zero attached hydrogens (tertiary/aromatic N) is 1. The van der Waals surface area contributed by atoms with Crippen LogP contribution in [0.2, 0.25) is 0 Å². The van der Waals surface area contributed by atoms with Crippen LogP contribution >= 0.6 is 0 Å². The van der Waals surface area contributed by atoms with E-state index in [2.05, 4.69) is 30.3 Å². The average molecular weight is 502 g/mol. The second-order valence-electron chi connectivity index (χ2n) is 9.96. The summed E-state index contributed by atoms with van der Waals surface area (Å²) in [5, 5.41) is 21.7. The van der Waals surface area contributed by atoms with Gasteiger partial charge in [0.15, 0.2) is 0 Å². The van der Waals surface area contributed by atoms with Crippen LogP contribution < -0.4 is 0 Å². The summed E-state index contributed by atoms with van der Waals surface area (Å²) in [5.74, 6) is -5.45. The number of unbranched alkanes of at least 4 members (excludes halogenated alkanes) is 3. The van der Waals surface area contributed by atoms with Crippen LogP contribution in [0.25, 0.3) is 10.8 Å². The number of carboxylic acids is 1. The number of aryl methyl sites for hydroxylation is 1. The molecule has 2 aromatic rings. The van der Waals surface area contributed by atoms with Gasteiger partial charge in [-0.15, -0.1) is 0 Å². The van der Waals surface area contributed by atoms with Crippen molar-refractivity contribution >= 4 is 22.6 Å². The molecule has 5 nitrogen and oxygen atoms in total. The highest BCUT2D eigenvalue weighted by Crippen LogP contribution is 2.34. The third-order valence-electron chi connectivity index (χ3n) is 7.03. The van der Waals surface area contributed by atoms with Gasteiger partial charge in [-0.05, 0) is 54.4 Å². The van der Waals surface area contributed by atoms with E-state index in [1.165, 1.54) is 21.2 Å². The zero-order chi connectivity index (χ0) is 26.1. The molecular weight excluding hydrogens is 464 g/mol. The quantitative estimate of drug-likeness (QED) is 0.246. The molecule has 0 unspecified atom stereocenters. The number of rotatable bonds is 14. The monoisotopic (exact) mass is 501 g/mol. The smallest absolute Gasteiger partial charge is 0.327 e. The van der Waals surface area contributed by atoms with Gasteiger partial charge in [0, 0.05) is 19.4 Å². The zero-order valence-corrected chi connectivity index (χ0v) is 20.9. The van der Waals surface area contributed by atoms with Gasteiger partial charge in [0.05, 0.1) is 12.1 Å². The Labute approximate surface area is 211 Å². The number of fused-ring (bicyclic) bond motifs is 1. The SMILES string of the molecule is C[C@@H](CCCc1ccc2ccccc2c1)[C@H](O)C=C[C@H]1CC(F)(F)C(=O)N1CCCCCCC(=O)O. The molecule has 0 aromatic heterocycles. The second kappa shape index (κ2) is 12.9. The highest BCUT2D eigenvalue weighted by Gasteiger charge is 2.52. The van der Waals surface area contributed by atoms with Gasteiger partial charge in [0.25, 0.3) is 5.91 Å². The fourth-order valence-electron chi connectivity index (χ4n) is 4.80. The second-order valence-corrected chi connectivity index (χ2v) is 9.96. The predicted molar refractivity (Wildman–Crippen MR) is 137 cm³/mol. The molecule has 0 saturated carbocycles. The largest absolute Gasteiger partial charge is 0.481 e. The van der Waals surface area contributed by atoms with Crippen LogP contribution in [0.15, 0.2) is 54.6 Å². The topological polar surface area (TPSA) is 77.8 Å². The van der Waals surface area contributed by atoms with Crippen LogP contribution in [0, 0.1) is 5.92 Å². The molecule has 1 heterocycles. The maximum Gasteiger partial charge on any atom is 0.327 e. The highest BCUT2D eigenvalue weighted by molar-refractivity contribution is 5.86. The summed E-state index contributed by atoms with van der Waals surface area (Å²) in [6, 6.07) is 13.9. The minimum absolute atomic E-state index is 0.0398. The van der Waals surface area contributed by atoms with Crippen molar-refractivity contribution in [2.75, 3.05) is 6.54 Å². The lowest BCUT2D eigenvalue weighted by Gasteiger charge is -2.22. The van der Waals surface area contributed by atoms with Crippen molar-refractivity contribution < 1.29 is 28.6 Å². The molecule has 1 saturated heterocycles. The standard InChI is InChI=1S/C29H37F2NO4/c1-21(9-8-10-22-14-15-23-11-5-6-12-24(23)19-22)26(33)17-16-25-20-29(30,31)28(36)32(25)18-7-3-2-4-13-27(34)35/h5-6,11-12,14-17,19,21,25-26,33H,2-4,7-10,13,18,20H2,1H3,(H,34,35)/t21-,25-,26+/m0/s1. The molecule has 0 spiro atoms. The number of benzene rings is 2. The van der Waals surface area contributed by atoms with E-state index in [0.29, 0.717) is 25.7 Å². The summed E-state index contributed by atoms with van der Waals surface area (Å²) >= 11 is 0. The summed E-state index contributed by atoms with van der Waals surface area (Å²) < 4.78 is 28.2. The van der Waals surface area contributed by atoms with Gasteiger partial charge in [0.1, 0.15) is 0 Å². The van der Waals surface area contributed by atoms with Crippen molar-refractivity contribution in [1.82, 2.24) is 4.90 Å². The van der Waals surface area contributed by atoms with Crippen molar-refractivity contribution in [3.63, 3.8) is 0 Å². The number of aliphatic carboxylic acids is 1. The average Bonchev–Trinajstić information content (AvgIpc) is 3.07. The molecular formula is C29H37F2NO4. The number of halogens is 2. The molecule has 1 fully saturated rings. The number of aliphatic hydroxyl groups is 1. The first-order valence-corrected chi connectivity index (χ1v) is 12.9. The molecule has 36 heavy (non-hydrogen) atoms. The maximum absolute atomic E-state index is 14.1. The van der Waals surface area contributed by atoms with Crippen LogP contribution in [0.1, 0.15) is 63.9 Å². The number of likely N-dealkylation sites (tertiary alicyclic amines) is 1. The molecule has 1 amide bonds. The highest BCUT2D eigenvalue weighted by atomic mass is 19.3. The number of hydrogen-bond acceptors (Lipinski definition) is 3. The lowest BCUT2D eigenvalue weighted by Crippen LogP contribution is -2.36. The predicted octanol–water partition coefficient (Wildman–Crippen LogP) is 5.99. The Balaban J connectivity index is 1.46. The molecule has 3 rings (SSSR count). The fraction of sp³-hybridized carbons (Fsp3) is 0.517. The first kappa shape index (κ1) is 27.8. The van der Waals surface area contributed by atoms with Gasteiger partial charge in [0.2, 0.25) is 0 Å². The summed E-state index contributed by atoms with van der Waals surface area (Å²) in [5.41, 5.74) is 1.25. The molecule has 7 heteroatoms. The van der Waals surface area contributed by atoms with Gasteiger partial charge in [-0.1, -0.05) is 74.4 Å².